The van der Waals surface area contributed by atoms with Gasteiger partial charge in [-0.05, 0) is 36.1 Å². The van der Waals surface area contributed by atoms with Gasteiger partial charge in [0, 0.05) is 0 Å². The van der Waals surface area contributed by atoms with Crippen molar-refractivity contribution < 1.29 is 4.42 Å². The molecule has 0 amide bonds. The average Bonchev–Trinajstić information content (AvgIpc) is 2.34. The lowest BCUT2D eigenvalue weighted by Gasteiger charge is -2.10. The first-order chi connectivity index (χ1) is 5.59. The highest BCUT2D eigenvalue weighted by molar-refractivity contribution is 6.28. The van der Waals surface area contributed by atoms with Gasteiger partial charge in [0.1, 0.15) is 5.76 Å². The van der Waals surface area contributed by atoms with Crippen molar-refractivity contribution in [3.8, 4) is 0 Å². The Morgan fingerprint density at radius 3 is 2.58 bits per heavy atom. The van der Waals surface area contributed by atoms with Crippen LogP contribution in [0.25, 0.3) is 0 Å². The number of furan rings is 1. The molecule has 1 aromatic rings. The molecule has 1 atom stereocenters. The monoisotopic (exact) mass is 187 g/mol. The minimum Gasteiger partial charge on any atom is -0.448 e. The third-order valence-corrected chi connectivity index (χ3v) is 1.89. The lowest BCUT2D eigenvalue weighted by Crippen LogP contribution is -2.11. The van der Waals surface area contributed by atoms with Crippen LogP contribution in [-0.4, -0.2) is 0 Å². The van der Waals surface area contributed by atoms with Crippen LogP contribution >= 0.6 is 11.6 Å². The van der Waals surface area contributed by atoms with E-state index in [1.54, 1.807) is 6.07 Å². The Bertz CT molecular complexity index is 244. The highest BCUT2D eigenvalue weighted by atomic mass is 35.5. The maximum absolute atomic E-state index is 5.86. The lowest BCUT2D eigenvalue weighted by molar-refractivity contribution is 0.417. The van der Waals surface area contributed by atoms with Crippen LogP contribution in [0, 0.1) is 5.92 Å². The summed E-state index contributed by atoms with van der Waals surface area (Å²) >= 11 is 5.62. The van der Waals surface area contributed by atoms with E-state index in [0.29, 0.717) is 11.1 Å². The van der Waals surface area contributed by atoms with E-state index in [9.17, 15) is 0 Å². The van der Waals surface area contributed by atoms with E-state index < -0.39 is 0 Å². The fourth-order valence-electron chi connectivity index (χ4n) is 1.15. The van der Waals surface area contributed by atoms with Crippen molar-refractivity contribution in [1.29, 1.82) is 0 Å². The van der Waals surface area contributed by atoms with Crippen LogP contribution in [0.4, 0.5) is 0 Å². The average molecular weight is 188 g/mol. The number of hydrogen-bond donors (Lipinski definition) is 1. The molecule has 0 aliphatic carbocycles. The zero-order valence-electron chi connectivity index (χ0n) is 7.38. The second kappa shape index (κ2) is 3.97. The van der Waals surface area contributed by atoms with Crippen LogP contribution < -0.4 is 5.73 Å². The van der Waals surface area contributed by atoms with Gasteiger partial charge in [-0.1, -0.05) is 13.8 Å². The molecule has 2 N–H and O–H groups in total. The van der Waals surface area contributed by atoms with E-state index in [4.69, 9.17) is 21.8 Å². The summed E-state index contributed by atoms with van der Waals surface area (Å²) in [5.41, 5.74) is 5.86. The number of nitrogens with two attached hydrogens (primary N) is 1. The first-order valence-corrected chi connectivity index (χ1v) is 4.48. The summed E-state index contributed by atoms with van der Waals surface area (Å²) < 4.78 is 5.19. The third-order valence-electron chi connectivity index (χ3n) is 1.68. The van der Waals surface area contributed by atoms with Crippen molar-refractivity contribution in [2.45, 2.75) is 26.3 Å². The minimum atomic E-state index is -0.0301. The van der Waals surface area contributed by atoms with Crippen molar-refractivity contribution in [3.05, 3.63) is 23.1 Å². The van der Waals surface area contributed by atoms with Gasteiger partial charge in [0.2, 0.25) is 0 Å². The number of halogens is 1. The molecular weight excluding hydrogens is 174 g/mol. The highest BCUT2D eigenvalue weighted by Gasteiger charge is 2.11. The molecule has 68 valence electrons. The van der Waals surface area contributed by atoms with Crippen molar-refractivity contribution in [3.63, 3.8) is 0 Å². The van der Waals surface area contributed by atoms with Crippen LogP contribution in [0.5, 0.6) is 0 Å². The molecule has 0 fully saturated rings. The quantitative estimate of drug-likeness (QED) is 0.790. The van der Waals surface area contributed by atoms with E-state index in [1.165, 1.54) is 0 Å². The summed E-state index contributed by atoms with van der Waals surface area (Å²) in [5, 5.41) is 0.407. The van der Waals surface area contributed by atoms with E-state index in [-0.39, 0.29) is 6.04 Å². The second-order valence-electron chi connectivity index (χ2n) is 3.38. The maximum Gasteiger partial charge on any atom is 0.193 e. The molecule has 12 heavy (non-hydrogen) atoms. The summed E-state index contributed by atoms with van der Waals surface area (Å²) in [5.74, 6) is 1.34. The Hall–Kier alpha value is -0.470. The Labute approximate surface area is 77.7 Å². The van der Waals surface area contributed by atoms with Gasteiger partial charge >= 0.3 is 0 Å². The van der Waals surface area contributed by atoms with Crippen LogP contribution in [0.3, 0.4) is 0 Å². The molecule has 1 unspecified atom stereocenters. The molecule has 1 aromatic heterocycles. The molecule has 0 spiro atoms. The van der Waals surface area contributed by atoms with E-state index in [1.807, 2.05) is 6.07 Å². The fraction of sp³-hybridized carbons (Fsp3) is 0.556. The molecule has 0 radical (unpaired) electrons. The molecule has 0 aliphatic heterocycles. The van der Waals surface area contributed by atoms with Crippen LogP contribution in [0.15, 0.2) is 16.5 Å². The minimum absolute atomic E-state index is 0.0301. The predicted molar refractivity (Wildman–Crippen MR) is 50.1 cm³/mol. The summed E-state index contributed by atoms with van der Waals surface area (Å²) in [6, 6.07) is 3.52. The van der Waals surface area contributed by atoms with E-state index >= 15 is 0 Å². The van der Waals surface area contributed by atoms with E-state index in [0.717, 1.165) is 12.2 Å². The smallest absolute Gasteiger partial charge is 0.193 e. The van der Waals surface area contributed by atoms with Crippen molar-refractivity contribution in [1.82, 2.24) is 0 Å². The molecular formula is C9H14ClNO. The molecule has 0 bridgehead atoms. The van der Waals surface area contributed by atoms with Gasteiger partial charge in [-0.15, -0.1) is 0 Å². The van der Waals surface area contributed by atoms with Crippen LogP contribution in [-0.2, 0) is 0 Å². The molecule has 0 aromatic carbocycles. The van der Waals surface area contributed by atoms with Crippen molar-refractivity contribution in [2.75, 3.05) is 0 Å². The topological polar surface area (TPSA) is 39.2 Å². The van der Waals surface area contributed by atoms with Gasteiger partial charge in [0.05, 0.1) is 6.04 Å². The van der Waals surface area contributed by atoms with E-state index in [2.05, 4.69) is 13.8 Å². The molecule has 2 nitrogen and oxygen atoms in total. The Morgan fingerprint density at radius 2 is 2.17 bits per heavy atom. The highest BCUT2D eigenvalue weighted by Crippen LogP contribution is 2.22. The van der Waals surface area contributed by atoms with Crippen molar-refractivity contribution in [2.24, 2.45) is 11.7 Å². The normalized spacial score (nSPS) is 13.8. The van der Waals surface area contributed by atoms with Gasteiger partial charge in [-0.25, -0.2) is 0 Å². The molecule has 0 aliphatic rings. The predicted octanol–water partition coefficient (Wildman–Crippen LogP) is 2.98. The van der Waals surface area contributed by atoms with Gasteiger partial charge in [-0.2, -0.15) is 0 Å². The molecule has 1 heterocycles. The molecule has 1 rings (SSSR count). The van der Waals surface area contributed by atoms with Gasteiger partial charge in [-0.3, -0.25) is 0 Å². The van der Waals surface area contributed by atoms with Gasteiger partial charge in [0.15, 0.2) is 5.22 Å². The summed E-state index contributed by atoms with van der Waals surface area (Å²) in [7, 11) is 0. The number of rotatable bonds is 3. The molecule has 0 saturated carbocycles. The third kappa shape index (κ3) is 2.54. The zero-order valence-corrected chi connectivity index (χ0v) is 8.14. The van der Waals surface area contributed by atoms with Gasteiger partial charge < -0.3 is 10.2 Å². The summed E-state index contributed by atoms with van der Waals surface area (Å²) in [4.78, 5) is 0. The Morgan fingerprint density at radius 1 is 1.50 bits per heavy atom. The molecule has 0 saturated heterocycles. The first-order valence-electron chi connectivity index (χ1n) is 4.10. The summed E-state index contributed by atoms with van der Waals surface area (Å²) in [6.45, 7) is 4.26. The maximum atomic E-state index is 5.86. The number of hydrogen-bond acceptors (Lipinski definition) is 2. The van der Waals surface area contributed by atoms with Crippen LogP contribution in [0.2, 0.25) is 5.22 Å². The largest absolute Gasteiger partial charge is 0.448 e. The zero-order chi connectivity index (χ0) is 9.14. The standard InChI is InChI=1S/C9H14ClNO/c1-6(2)5-7(11)8-3-4-9(10)12-8/h3-4,6-7H,5,11H2,1-2H3. The van der Waals surface area contributed by atoms with Crippen LogP contribution in [0.1, 0.15) is 32.1 Å². The fourth-order valence-corrected chi connectivity index (χ4v) is 1.30. The van der Waals surface area contributed by atoms with Gasteiger partial charge in [0.25, 0.3) is 0 Å². The molecule has 3 heteroatoms. The van der Waals surface area contributed by atoms with Crippen molar-refractivity contribution >= 4 is 11.6 Å². The Kier molecular flexibility index (Phi) is 3.18. The second-order valence-corrected chi connectivity index (χ2v) is 3.75. The Balaban J connectivity index is 2.58. The first kappa shape index (κ1) is 9.62. The SMILES string of the molecule is CC(C)CC(N)c1ccc(Cl)o1. The lowest BCUT2D eigenvalue weighted by atomic mass is 10.0. The summed E-state index contributed by atoms with van der Waals surface area (Å²) in [6.07, 6.45) is 0.920.